The van der Waals surface area contributed by atoms with Crippen LogP contribution in [0.5, 0.6) is 5.75 Å². The van der Waals surface area contributed by atoms with Gasteiger partial charge >= 0.3 is 0 Å². The largest absolute Gasteiger partial charge is 0.494 e. The first-order valence-electron chi connectivity index (χ1n) is 7.44. The summed E-state index contributed by atoms with van der Waals surface area (Å²) in [5.41, 5.74) is 1.16. The molecule has 0 radical (unpaired) electrons. The van der Waals surface area contributed by atoms with E-state index in [0.29, 0.717) is 13.2 Å². The molecular formula is C16H24N2O2. The van der Waals surface area contributed by atoms with Gasteiger partial charge in [-0.3, -0.25) is 4.79 Å². The molecule has 0 spiro atoms. The Morgan fingerprint density at radius 3 is 2.55 bits per heavy atom. The van der Waals surface area contributed by atoms with Crippen LogP contribution in [0.1, 0.15) is 32.3 Å². The number of carbonyl (C=O) groups excluding carboxylic acids is 1. The topological polar surface area (TPSA) is 41.6 Å². The maximum atomic E-state index is 12.1. The van der Waals surface area contributed by atoms with Crippen molar-refractivity contribution < 1.29 is 9.53 Å². The zero-order valence-corrected chi connectivity index (χ0v) is 12.4. The standard InChI is InChI=1S/C16H24N2O2/c1-3-20-15-8-6-14(7-9-15)12-17-13(2)16(19)18-10-4-5-11-18/h6-9,13,17H,3-5,10-12H2,1-2H3. The molecule has 1 amide bonds. The minimum atomic E-state index is -0.125. The van der Waals surface area contributed by atoms with E-state index in [-0.39, 0.29) is 11.9 Å². The summed E-state index contributed by atoms with van der Waals surface area (Å²) in [6.07, 6.45) is 2.27. The lowest BCUT2D eigenvalue weighted by Crippen LogP contribution is -2.43. The van der Waals surface area contributed by atoms with E-state index in [1.807, 2.05) is 43.0 Å². The van der Waals surface area contributed by atoms with Crippen molar-refractivity contribution in [2.45, 2.75) is 39.3 Å². The third kappa shape index (κ3) is 3.97. The lowest BCUT2D eigenvalue weighted by Gasteiger charge is -2.21. The number of benzene rings is 1. The van der Waals surface area contributed by atoms with E-state index >= 15 is 0 Å². The molecule has 1 unspecified atom stereocenters. The molecule has 1 atom stereocenters. The molecule has 1 fully saturated rings. The smallest absolute Gasteiger partial charge is 0.239 e. The van der Waals surface area contributed by atoms with Crippen LogP contribution < -0.4 is 10.1 Å². The molecule has 110 valence electrons. The van der Waals surface area contributed by atoms with Gasteiger partial charge in [-0.05, 0) is 44.4 Å². The van der Waals surface area contributed by atoms with Crippen molar-refractivity contribution in [1.82, 2.24) is 10.2 Å². The Kier molecular flexibility index (Phi) is 5.41. The summed E-state index contributed by atoms with van der Waals surface area (Å²) in [5, 5.41) is 3.30. The third-order valence-electron chi connectivity index (χ3n) is 3.63. The van der Waals surface area contributed by atoms with Crippen molar-refractivity contribution in [1.29, 1.82) is 0 Å². The maximum absolute atomic E-state index is 12.1. The van der Waals surface area contributed by atoms with E-state index in [2.05, 4.69) is 5.32 Å². The Balaban J connectivity index is 1.80. The Morgan fingerprint density at radius 2 is 1.95 bits per heavy atom. The molecule has 1 aliphatic heterocycles. The molecule has 4 heteroatoms. The van der Waals surface area contributed by atoms with Crippen molar-refractivity contribution in [2.75, 3.05) is 19.7 Å². The molecule has 1 aromatic carbocycles. The fourth-order valence-corrected chi connectivity index (χ4v) is 2.44. The lowest BCUT2D eigenvalue weighted by molar-refractivity contribution is -0.131. The molecular weight excluding hydrogens is 252 g/mol. The highest BCUT2D eigenvalue weighted by molar-refractivity contribution is 5.81. The average Bonchev–Trinajstić information content (AvgIpc) is 3.00. The fourth-order valence-electron chi connectivity index (χ4n) is 2.44. The van der Waals surface area contributed by atoms with Gasteiger partial charge in [-0.15, -0.1) is 0 Å². The van der Waals surface area contributed by atoms with Crippen LogP contribution in [0, 0.1) is 0 Å². The van der Waals surface area contributed by atoms with Crippen molar-refractivity contribution in [3.8, 4) is 5.75 Å². The van der Waals surface area contributed by atoms with Crippen molar-refractivity contribution >= 4 is 5.91 Å². The van der Waals surface area contributed by atoms with E-state index in [9.17, 15) is 4.79 Å². The van der Waals surface area contributed by atoms with Crippen LogP contribution in [0.2, 0.25) is 0 Å². The van der Waals surface area contributed by atoms with Gasteiger partial charge in [0.1, 0.15) is 5.75 Å². The second kappa shape index (κ2) is 7.29. The van der Waals surface area contributed by atoms with Gasteiger partial charge < -0.3 is 15.0 Å². The SMILES string of the molecule is CCOc1ccc(CNC(C)C(=O)N2CCCC2)cc1. The van der Waals surface area contributed by atoms with E-state index in [1.165, 1.54) is 0 Å². The minimum absolute atomic E-state index is 0.125. The first kappa shape index (κ1) is 14.9. The van der Waals surface area contributed by atoms with Crippen molar-refractivity contribution in [2.24, 2.45) is 0 Å². The summed E-state index contributed by atoms with van der Waals surface area (Å²) in [4.78, 5) is 14.1. The molecule has 1 saturated heterocycles. The number of amides is 1. The lowest BCUT2D eigenvalue weighted by atomic mass is 10.2. The molecule has 0 aliphatic carbocycles. The molecule has 0 aromatic heterocycles. The van der Waals surface area contributed by atoms with Crippen LogP contribution in [0.4, 0.5) is 0 Å². The van der Waals surface area contributed by atoms with Gasteiger partial charge in [-0.2, -0.15) is 0 Å². The van der Waals surface area contributed by atoms with E-state index in [1.54, 1.807) is 0 Å². The van der Waals surface area contributed by atoms with Gasteiger partial charge in [0.25, 0.3) is 0 Å². The number of hydrogen-bond donors (Lipinski definition) is 1. The number of carbonyl (C=O) groups is 1. The number of ether oxygens (including phenoxy) is 1. The summed E-state index contributed by atoms with van der Waals surface area (Å²) in [7, 11) is 0. The summed E-state index contributed by atoms with van der Waals surface area (Å²) in [6.45, 7) is 7.12. The summed E-state index contributed by atoms with van der Waals surface area (Å²) >= 11 is 0. The van der Waals surface area contributed by atoms with Crippen LogP contribution in [-0.4, -0.2) is 36.5 Å². The van der Waals surface area contributed by atoms with E-state index < -0.39 is 0 Å². The van der Waals surface area contributed by atoms with Gasteiger partial charge in [0.2, 0.25) is 5.91 Å². The Hall–Kier alpha value is -1.55. The molecule has 0 saturated carbocycles. The second-order valence-electron chi connectivity index (χ2n) is 5.21. The zero-order valence-electron chi connectivity index (χ0n) is 12.4. The summed E-state index contributed by atoms with van der Waals surface area (Å²) in [5.74, 6) is 1.10. The molecule has 0 bridgehead atoms. The highest BCUT2D eigenvalue weighted by Crippen LogP contribution is 2.13. The normalized spacial score (nSPS) is 16.2. The molecule has 20 heavy (non-hydrogen) atoms. The van der Waals surface area contributed by atoms with E-state index in [4.69, 9.17) is 4.74 Å². The fraction of sp³-hybridized carbons (Fsp3) is 0.562. The van der Waals surface area contributed by atoms with Gasteiger partial charge in [0, 0.05) is 19.6 Å². The van der Waals surface area contributed by atoms with Crippen molar-refractivity contribution in [3.05, 3.63) is 29.8 Å². The average molecular weight is 276 g/mol. The van der Waals surface area contributed by atoms with Gasteiger partial charge in [-0.1, -0.05) is 12.1 Å². The Morgan fingerprint density at radius 1 is 1.30 bits per heavy atom. The second-order valence-corrected chi connectivity index (χ2v) is 5.21. The molecule has 1 N–H and O–H groups in total. The number of hydrogen-bond acceptors (Lipinski definition) is 3. The minimum Gasteiger partial charge on any atom is -0.494 e. The third-order valence-corrected chi connectivity index (χ3v) is 3.63. The number of nitrogens with one attached hydrogen (secondary N) is 1. The Bertz CT molecular complexity index is 425. The summed E-state index contributed by atoms with van der Waals surface area (Å²) in [6, 6.07) is 7.87. The monoisotopic (exact) mass is 276 g/mol. The predicted molar refractivity (Wildman–Crippen MR) is 79.7 cm³/mol. The quantitative estimate of drug-likeness (QED) is 0.866. The predicted octanol–water partition coefficient (Wildman–Crippen LogP) is 2.19. The summed E-state index contributed by atoms with van der Waals surface area (Å²) < 4.78 is 5.41. The molecule has 4 nitrogen and oxygen atoms in total. The van der Waals surface area contributed by atoms with Crippen LogP contribution >= 0.6 is 0 Å². The molecule has 1 heterocycles. The first-order valence-corrected chi connectivity index (χ1v) is 7.44. The van der Waals surface area contributed by atoms with Crippen LogP contribution in [-0.2, 0) is 11.3 Å². The maximum Gasteiger partial charge on any atom is 0.239 e. The van der Waals surface area contributed by atoms with Crippen LogP contribution in [0.3, 0.4) is 0 Å². The molecule has 2 rings (SSSR count). The zero-order chi connectivity index (χ0) is 14.4. The number of likely N-dealkylation sites (tertiary alicyclic amines) is 1. The van der Waals surface area contributed by atoms with Gasteiger partial charge in [-0.25, -0.2) is 0 Å². The molecule has 1 aromatic rings. The van der Waals surface area contributed by atoms with Crippen LogP contribution in [0.25, 0.3) is 0 Å². The number of rotatable bonds is 6. The Labute approximate surface area is 121 Å². The molecule has 1 aliphatic rings. The number of nitrogens with zero attached hydrogens (tertiary/aromatic N) is 1. The van der Waals surface area contributed by atoms with Crippen LogP contribution in [0.15, 0.2) is 24.3 Å². The van der Waals surface area contributed by atoms with Crippen molar-refractivity contribution in [3.63, 3.8) is 0 Å². The highest BCUT2D eigenvalue weighted by atomic mass is 16.5. The first-order chi connectivity index (χ1) is 9.70. The van der Waals surface area contributed by atoms with Gasteiger partial charge in [0.05, 0.1) is 12.6 Å². The highest BCUT2D eigenvalue weighted by Gasteiger charge is 2.22. The van der Waals surface area contributed by atoms with Gasteiger partial charge in [0.15, 0.2) is 0 Å². The van der Waals surface area contributed by atoms with E-state index in [0.717, 1.165) is 37.2 Å².